The third-order valence-electron chi connectivity index (χ3n) is 6.43. The quantitative estimate of drug-likeness (QED) is 0.588. The molecule has 1 unspecified atom stereocenters. The minimum absolute atomic E-state index is 0.0252. The topological polar surface area (TPSA) is 89.8 Å². The van der Waals surface area contributed by atoms with Crippen molar-refractivity contribution in [3.8, 4) is 0 Å². The fourth-order valence-electron chi connectivity index (χ4n) is 4.59. The van der Waals surface area contributed by atoms with Crippen molar-refractivity contribution in [2.45, 2.75) is 19.8 Å². The van der Waals surface area contributed by atoms with E-state index in [4.69, 9.17) is 4.74 Å². The Kier molecular flexibility index (Phi) is 5.75. The Hall–Kier alpha value is -3.78. The van der Waals surface area contributed by atoms with Crippen LogP contribution in [0.5, 0.6) is 0 Å². The number of nitrogens with zero attached hydrogens (tertiary/aromatic N) is 3. The van der Waals surface area contributed by atoms with Crippen LogP contribution in [-0.2, 0) is 4.74 Å². The van der Waals surface area contributed by atoms with Crippen molar-refractivity contribution < 1.29 is 14.2 Å². The van der Waals surface area contributed by atoms with Crippen molar-refractivity contribution >= 4 is 40.6 Å². The molecule has 1 fully saturated rings. The van der Waals surface area contributed by atoms with Gasteiger partial charge in [0, 0.05) is 41.4 Å². The first-order valence-electron chi connectivity index (χ1n) is 11.4. The summed E-state index contributed by atoms with van der Waals surface area (Å²) in [5.41, 5.74) is 5.62. The summed E-state index contributed by atoms with van der Waals surface area (Å²) in [5, 5.41) is 8.33. The lowest BCUT2D eigenvalue weighted by atomic mass is 9.97. The van der Waals surface area contributed by atoms with Crippen molar-refractivity contribution in [1.82, 2.24) is 4.98 Å². The minimum Gasteiger partial charge on any atom is -0.378 e. The van der Waals surface area contributed by atoms with Gasteiger partial charge in [0.1, 0.15) is 5.92 Å². The number of carbonyl (C=O) groups is 1. The van der Waals surface area contributed by atoms with E-state index in [1.807, 2.05) is 57.6 Å². The lowest BCUT2D eigenvalue weighted by molar-refractivity contribution is -0.494. The van der Waals surface area contributed by atoms with Crippen LogP contribution in [0.1, 0.15) is 33.0 Å². The minimum atomic E-state index is -0.170. The van der Waals surface area contributed by atoms with E-state index in [1.54, 1.807) is 10.8 Å². The first-order valence-corrected chi connectivity index (χ1v) is 11.4. The molecule has 0 bridgehead atoms. The average Bonchev–Trinajstić information content (AvgIpc) is 3.26. The van der Waals surface area contributed by atoms with Gasteiger partial charge in [-0.25, -0.2) is 0 Å². The number of pyridine rings is 1. The number of hydrazone groups is 1. The number of nitrogens with one attached hydrogen (secondary N) is 2. The number of aromatic amines is 1. The molecule has 1 aromatic heterocycles. The molecule has 3 aromatic rings. The number of ether oxygens (including phenoxy) is 1. The number of carbonyl (C=O) groups excluding carboxylic acids is 1. The predicted molar refractivity (Wildman–Crippen MR) is 135 cm³/mol. The van der Waals surface area contributed by atoms with Crippen molar-refractivity contribution in [1.29, 1.82) is 0 Å². The van der Waals surface area contributed by atoms with Crippen molar-refractivity contribution in [3.05, 3.63) is 69.0 Å². The fourth-order valence-corrected chi connectivity index (χ4v) is 4.59. The summed E-state index contributed by atoms with van der Waals surface area (Å²) in [7, 11) is 1.89. The van der Waals surface area contributed by atoms with E-state index in [2.05, 4.69) is 26.4 Å². The van der Waals surface area contributed by atoms with Gasteiger partial charge < -0.3 is 19.9 Å². The van der Waals surface area contributed by atoms with Gasteiger partial charge in [-0.2, -0.15) is 0 Å². The third kappa shape index (κ3) is 4.24. The molecule has 34 heavy (non-hydrogen) atoms. The number of aryl methyl sites for hydroxylation is 2. The summed E-state index contributed by atoms with van der Waals surface area (Å²) >= 11 is 0. The van der Waals surface area contributed by atoms with Crippen molar-refractivity contribution in [2.75, 3.05) is 43.6 Å². The first kappa shape index (κ1) is 22.0. The Bertz CT molecular complexity index is 1400. The molecule has 0 radical (unpaired) electrons. The van der Waals surface area contributed by atoms with Crippen LogP contribution in [0.15, 0.2) is 46.3 Å². The lowest BCUT2D eigenvalue weighted by Crippen LogP contribution is -2.37. The monoisotopic (exact) mass is 458 g/mol. The summed E-state index contributed by atoms with van der Waals surface area (Å²) in [4.78, 5) is 30.6. The van der Waals surface area contributed by atoms with Crippen LogP contribution >= 0.6 is 0 Å². The van der Waals surface area contributed by atoms with E-state index in [0.29, 0.717) is 18.8 Å². The Balaban J connectivity index is 1.53. The molecule has 1 amide bonds. The molecule has 5 rings (SSSR count). The Morgan fingerprint density at radius 3 is 2.68 bits per heavy atom. The fraction of sp³-hybridized carbons (Fsp3) is 0.308. The molecule has 8 heteroatoms. The Labute approximate surface area is 197 Å². The van der Waals surface area contributed by atoms with Gasteiger partial charge in [-0.3, -0.25) is 9.59 Å². The van der Waals surface area contributed by atoms with E-state index in [0.717, 1.165) is 52.1 Å². The van der Waals surface area contributed by atoms with Crippen LogP contribution in [0.4, 0.5) is 11.4 Å². The van der Waals surface area contributed by atoms with Gasteiger partial charge in [-0.15, -0.1) is 0 Å². The second kappa shape index (κ2) is 8.87. The summed E-state index contributed by atoms with van der Waals surface area (Å²) < 4.78 is 7.30. The predicted octanol–water partition coefficient (Wildman–Crippen LogP) is 3.03. The SMILES string of the molecule is Cc1cc2[nH]c(=O)cc(C)c2cc1NC(=O)c1cc(C2C=N[N+](C)=C2)ccc1N1CCOCC1. The highest BCUT2D eigenvalue weighted by Gasteiger charge is 2.24. The number of aromatic nitrogens is 1. The van der Waals surface area contributed by atoms with Gasteiger partial charge >= 0.3 is 0 Å². The summed E-state index contributed by atoms with van der Waals surface area (Å²) in [6.07, 6.45) is 3.89. The normalized spacial score (nSPS) is 17.8. The zero-order valence-corrected chi connectivity index (χ0v) is 19.6. The molecule has 0 saturated carbocycles. The molecular formula is C26H28N5O3+. The number of rotatable bonds is 4. The highest BCUT2D eigenvalue weighted by Crippen LogP contribution is 2.29. The maximum absolute atomic E-state index is 13.7. The molecule has 1 atom stereocenters. The van der Waals surface area contributed by atoms with Crippen LogP contribution in [0.2, 0.25) is 0 Å². The molecule has 2 N–H and O–H groups in total. The van der Waals surface area contributed by atoms with Gasteiger partial charge in [-0.05, 0) is 59.9 Å². The number of fused-ring (bicyclic) bond motifs is 1. The zero-order valence-electron chi connectivity index (χ0n) is 19.6. The van der Waals surface area contributed by atoms with Crippen LogP contribution in [0.3, 0.4) is 0 Å². The first-order chi connectivity index (χ1) is 16.4. The molecular weight excluding hydrogens is 430 g/mol. The van der Waals surface area contributed by atoms with Crippen LogP contribution in [0, 0.1) is 13.8 Å². The van der Waals surface area contributed by atoms with Crippen molar-refractivity contribution in [2.24, 2.45) is 5.10 Å². The third-order valence-corrected chi connectivity index (χ3v) is 6.43. The zero-order chi connectivity index (χ0) is 23.8. The smallest absolute Gasteiger partial charge is 0.257 e. The maximum Gasteiger partial charge on any atom is 0.257 e. The molecule has 2 aliphatic rings. The second-order valence-electron chi connectivity index (χ2n) is 8.87. The molecule has 8 nitrogen and oxygen atoms in total. The number of H-pyrrole nitrogens is 1. The van der Waals surface area contributed by atoms with E-state index in [9.17, 15) is 9.59 Å². The Morgan fingerprint density at radius 2 is 1.94 bits per heavy atom. The highest BCUT2D eigenvalue weighted by molar-refractivity contribution is 6.09. The van der Waals surface area contributed by atoms with E-state index in [-0.39, 0.29) is 17.4 Å². The summed E-state index contributed by atoms with van der Waals surface area (Å²) in [5.74, 6) is -0.145. The largest absolute Gasteiger partial charge is 0.378 e. The van der Waals surface area contributed by atoms with Gasteiger partial charge in [0.05, 0.1) is 25.0 Å². The Morgan fingerprint density at radius 1 is 1.15 bits per heavy atom. The lowest BCUT2D eigenvalue weighted by Gasteiger charge is -2.30. The van der Waals surface area contributed by atoms with Gasteiger partial charge in [-0.1, -0.05) is 10.8 Å². The number of hydrogen-bond donors (Lipinski definition) is 2. The van der Waals surface area contributed by atoms with Crippen molar-refractivity contribution in [3.63, 3.8) is 0 Å². The standard InChI is InChI=1S/C26H27N5O3/c1-16-11-25(32)28-23-10-17(2)22(13-20(16)23)29-26(33)21-12-18(19-14-27-30(3)15-19)4-5-24(21)31-6-8-34-9-7-31/h4-5,10-15,19H,6-9H2,1-3H3,(H-,28,29,32,33)/p+1. The number of anilines is 2. The molecule has 3 heterocycles. The summed E-state index contributed by atoms with van der Waals surface area (Å²) in [6.45, 7) is 6.57. The van der Waals surface area contributed by atoms with E-state index >= 15 is 0 Å². The molecule has 1 saturated heterocycles. The molecule has 2 aromatic carbocycles. The number of morpholine rings is 1. The molecule has 0 spiro atoms. The molecule has 0 aliphatic carbocycles. The highest BCUT2D eigenvalue weighted by atomic mass is 16.5. The average molecular weight is 459 g/mol. The second-order valence-corrected chi connectivity index (χ2v) is 8.87. The maximum atomic E-state index is 13.7. The van der Waals surface area contributed by atoms with Crippen LogP contribution < -0.4 is 15.8 Å². The van der Waals surface area contributed by atoms with Crippen LogP contribution in [-0.4, -0.2) is 61.4 Å². The molecule has 2 aliphatic heterocycles. The van der Waals surface area contributed by atoms with E-state index < -0.39 is 0 Å². The van der Waals surface area contributed by atoms with Gasteiger partial charge in [0.15, 0.2) is 13.3 Å². The van der Waals surface area contributed by atoms with Crippen LogP contribution in [0.25, 0.3) is 10.9 Å². The number of hydrogen-bond acceptors (Lipinski definition) is 5. The summed E-state index contributed by atoms with van der Waals surface area (Å²) in [6, 6.07) is 11.5. The molecule has 174 valence electrons. The van der Waals surface area contributed by atoms with Gasteiger partial charge in [0.25, 0.3) is 5.91 Å². The van der Waals surface area contributed by atoms with Gasteiger partial charge in [0.2, 0.25) is 5.56 Å². The number of amides is 1. The van der Waals surface area contributed by atoms with E-state index in [1.165, 1.54) is 0 Å². The number of benzene rings is 2.